The second kappa shape index (κ2) is 3.81. The van der Waals surface area contributed by atoms with Gasteiger partial charge in [0.1, 0.15) is 0 Å². The van der Waals surface area contributed by atoms with Gasteiger partial charge in [0.25, 0.3) is 0 Å². The van der Waals surface area contributed by atoms with Crippen LogP contribution < -0.4 is 0 Å². The van der Waals surface area contributed by atoms with E-state index in [2.05, 4.69) is 22.1 Å². The first-order valence-electron chi connectivity index (χ1n) is 5.28. The molecule has 77 valence electrons. The molecule has 1 N–H and O–H groups in total. The van der Waals surface area contributed by atoms with Crippen molar-refractivity contribution in [3.05, 3.63) is 66.1 Å². The van der Waals surface area contributed by atoms with E-state index in [0.29, 0.717) is 0 Å². The van der Waals surface area contributed by atoms with Crippen LogP contribution in [0.15, 0.2) is 48.8 Å². The zero-order valence-electron chi connectivity index (χ0n) is 8.77. The fraction of sp³-hybridized carbons (Fsp3) is 0.0714. The average molecular weight is 207 g/mol. The standard InChI is InChI=1S/C14H11N2/c1-2-4-14-12(3-1)10-13(16-14)9-11-5-7-15-8-6-11/h2-8,10,16H,9H2. The van der Waals surface area contributed by atoms with Gasteiger partial charge in [-0.1, -0.05) is 6.07 Å². The van der Waals surface area contributed by atoms with Gasteiger partial charge < -0.3 is 4.98 Å². The van der Waals surface area contributed by atoms with Crippen molar-refractivity contribution in [2.45, 2.75) is 6.42 Å². The maximum Gasteiger partial charge on any atom is 0.0456 e. The van der Waals surface area contributed by atoms with Crippen LogP contribution in [0.25, 0.3) is 10.9 Å². The molecule has 0 atom stereocenters. The third-order valence-corrected chi connectivity index (χ3v) is 2.66. The molecule has 1 aromatic carbocycles. The highest BCUT2D eigenvalue weighted by atomic mass is 14.7. The van der Waals surface area contributed by atoms with Crippen molar-refractivity contribution >= 4 is 10.9 Å². The quantitative estimate of drug-likeness (QED) is 0.687. The average Bonchev–Trinajstić information content (AvgIpc) is 2.72. The fourth-order valence-electron chi connectivity index (χ4n) is 1.89. The number of aromatic nitrogens is 2. The Kier molecular flexibility index (Phi) is 2.18. The van der Waals surface area contributed by atoms with Gasteiger partial charge in [-0.2, -0.15) is 0 Å². The summed E-state index contributed by atoms with van der Waals surface area (Å²) in [4.78, 5) is 7.42. The van der Waals surface area contributed by atoms with E-state index in [0.717, 1.165) is 6.42 Å². The number of hydrogen-bond acceptors (Lipinski definition) is 1. The molecule has 0 fully saturated rings. The molecule has 0 saturated carbocycles. The minimum atomic E-state index is 0.914. The SMILES string of the molecule is [c]1ccc2[nH]c(Cc3ccncc3)cc2c1. The molecule has 2 aromatic heterocycles. The van der Waals surface area contributed by atoms with E-state index < -0.39 is 0 Å². The number of nitrogens with zero attached hydrogens (tertiary/aromatic N) is 1. The lowest BCUT2D eigenvalue weighted by Gasteiger charge is -1.96. The molecular formula is C14H11N2. The molecule has 2 nitrogen and oxygen atoms in total. The first-order chi connectivity index (χ1) is 7.92. The van der Waals surface area contributed by atoms with Crippen LogP contribution >= 0.6 is 0 Å². The van der Waals surface area contributed by atoms with Gasteiger partial charge in [0.05, 0.1) is 0 Å². The Balaban J connectivity index is 1.95. The van der Waals surface area contributed by atoms with E-state index in [1.54, 1.807) is 0 Å². The monoisotopic (exact) mass is 207 g/mol. The molecule has 2 heterocycles. The highest BCUT2D eigenvalue weighted by Crippen LogP contribution is 2.16. The highest BCUT2D eigenvalue weighted by molar-refractivity contribution is 5.80. The van der Waals surface area contributed by atoms with Crippen molar-refractivity contribution in [2.75, 3.05) is 0 Å². The molecule has 2 heteroatoms. The molecule has 16 heavy (non-hydrogen) atoms. The topological polar surface area (TPSA) is 28.7 Å². The highest BCUT2D eigenvalue weighted by Gasteiger charge is 2.00. The zero-order chi connectivity index (χ0) is 10.8. The maximum atomic E-state index is 4.01. The van der Waals surface area contributed by atoms with E-state index in [1.165, 1.54) is 22.2 Å². The third kappa shape index (κ3) is 1.70. The van der Waals surface area contributed by atoms with Gasteiger partial charge in [-0.15, -0.1) is 0 Å². The normalized spacial score (nSPS) is 10.8. The van der Waals surface area contributed by atoms with Crippen LogP contribution in [0.2, 0.25) is 0 Å². The van der Waals surface area contributed by atoms with E-state index in [1.807, 2.05) is 42.7 Å². The van der Waals surface area contributed by atoms with Gasteiger partial charge >= 0.3 is 0 Å². The predicted molar refractivity (Wildman–Crippen MR) is 64.2 cm³/mol. The Morgan fingerprint density at radius 1 is 1.19 bits per heavy atom. The van der Waals surface area contributed by atoms with E-state index >= 15 is 0 Å². The van der Waals surface area contributed by atoms with Gasteiger partial charge in [0.15, 0.2) is 0 Å². The van der Waals surface area contributed by atoms with Crippen LogP contribution in [0.4, 0.5) is 0 Å². The molecule has 0 aliphatic rings. The van der Waals surface area contributed by atoms with Gasteiger partial charge in [-0.05, 0) is 42.0 Å². The number of rotatable bonds is 2. The summed E-state index contributed by atoms with van der Waals surface area (Å²) in [5.41, 5.74) is 3.66. The molecule has 0 unspecified atom stereocenters. The summed E-state index contributed by atoms with van der Waals surface area (Å²) >= 11 is 0. The van der Waals surface area contributed by atoms with Crippen LogP contribution in [-0.4, -0.2) is 9.97 Å². The summed E-state index contributed by atoms with van der Waals surface area (Å²) in [5, 5.41) is 1.21. The summed E-state index contributed by atoms with van der Waals surface area (Å²) in [5.74, 6) is 0. The molecular weight excluding hydrogens is 196 g/mol. The molecule has 0 spiro atoms. The van der Waals surface area contributed by atoms with Crippen LogP contribution in [0, 0.1) is 6.07 Å². The Labute approximate surface area is 94.0 Å². The lowest BCUT2D eigenvalue weighted by molar-refractivity contribution is 1.11. The third-order valence-electron chi connectivity index (χ3n) is 2.66. The summed E-state index contributed by atoms with van der Waals surface area (Å²) < 4.78 is 0. The van der Waals surface area contributed by atoms with Crippen LogP contribution in [0.5, 0.6) is 0 Å². The number of fused-ring (bicyclic) bond motifs is 1. The molecule has 3 rings (SSSR count). The summed E-state index contributed by atoms with van der Waals surface area (Å²) in [6.45, 7) is 0. The first-order valence-corrected chi connectivity index (χ1v) is 5.28. The van der Waals surface area contributed by atoms with E-state index in [9.17, 15) is 0 Å². The van der Waals surface area contributed by atoms with Crippen molar-refractivity contribution in [1.82, 2.24) is 9.97 Å². The lowest BCUT2D eigenvalue weighted by atomic mass is 10.1. The molecule has 0 aliphatic heterocycles. The molecule has 0 bridgehead atoms. The van der Waals surface area contributed by atoms with Gasteiger partial charge in [-0.25, -0.2) is 0 Å². The number of H-pyrrole nitrogens is 1. The Hall–Kier alpha value is -2.09. The van der Waals surface area contributed by atoms with Crippen molar-refractivity contribution in [2.24, 2.45) is 0 Å². The molecule has 3 aromatic rings. The minimum Gasteiger partial charge on any atom is -0.358 e. The second-order valence-electron chi connectivity index (χ2n) is 3.84. The van der Waals surface area contributed by atoms with Gasteiger partial charge in [0, 0.05) is 35.4 Å². The lowest BCUT2D eigenvalue weighted by Crippen LogP contribution is -1.87. The van der Waals surface area contributed by atoms with Crippen LogP contribution in [-0.2, 0) is 6.42 Å². The van der Waals surface area contributed by atoms with Gasteiger partial charge in [0.2, 0.25) is 0 Å². The van der Waals surface area contributed by atoms with Crippen molar-refractivity contribution in [1.29, 1.82) is 0 Å². The Morgan fingerprint density at radius 2 is 2.06 bits per heavy atom. The number of pyridine rings is 1. The number of aromatic amines is 1. The number of hydrogen-bond donors (Lipinski definition) is 1. The number of benzene rings is 1. The fourth-order valence-corrected chi connectivity index (χ4v) is 1.89. The predicted octanol–water partition coefficient (Wildman–Crippen LogP) is 2.95. The molecule has 0 saturated heterocycles. The minimum absolute atomic E-state index is 0.914. The van der Waals surface area contributed by atoms with E-state index in [-0.39, 0.29) is 0 Å². The van der Waals surface area contributed by atoms with Crippen molar-refractivity contribution in [3.8, 4) is 0 Å². The Bertz CT molecular complexity index is 563. The largest absolute Gasteiger partial charge is 0.358 e. The Morgan fingerprint density at radius 3 is 2.88 bits per heavy atom. The summed E-state index contributed by atoms with van der Waals surface area (Å²) in [6.07, 6.45) is 4.56. The van der Waals surface area contributed by atoms with E-state index in [4.69, 9.17) is 0 Å². The first kappa shape index (κ1) is 9.16. The van der Waals surface area contributed by atoms with Crippen LogP contribution in [0.1, 0.15) is 11.3 Å². The number of nitrogens with one attached hydrogen (secondary N) is 1. The van der Waals surface area contributed by atoms with Crippen LogP contribution in [0.3, 0.4) is 0 Å². The summed E-state index contributed by atoms with van der Waals surface area (Å²) in [7, 11) is 0. The van der Waals surface area contributed by atoms with Crippen molar-refractivity contribution in [3.63, 3.8) is 0 Å². The zero-order valence-corrected chi connectivity index (χ0v) is 8.77. The second-order valence-corrected chi connectivity index (χ2v) is 3.84. The summed E-state index contributed by atoms with van der Waals surface area (Å²) in [6, 6.07) is 15.3. The molecule has 0 aliphatic carbocycles. The smallest absolute Gasteiger partial charge is 0.0456 e. The molecule has 0 amide bonds. The maximum absolute atomic E-state index is 4.01. The van der Waals surface area contributed by atoms with Crippen molar-refractivity contribution < 1.29 is 0 Å². The van der Waals surface area contributed by atoms with Gasteiger partial charge in [-0.3, -0.25) is 4.98 Å². The molecule has 1 radical (unpaired) electrons.